The van der Waals surface area contributed by atoms with Crippen molar-refractivity contribution in [1.82, 2.24) is 0 Å². The van der Waals surface area contributed by atoms with Crippen LogP contribution in [-0.2, 0) is 4.79 Å². The molecular formula is C5H5NOSe. The zero-order valence-electron chi connectivity index (χ0n) is 4.13. The Labute approximate surface area is 53.3 Å². The zero-order chi connectivity index (χ0) is 5.82. The molecule has 1 heterocycles. The van der Waals surface area contributed by atoms with Gasteiger partial charge in [0, 0.05) is 0 Å². The minimum atomic E-state index is 0.376. The minimum absolute atomic E-state index is 0.376. The molecular weight excluding hydrogens is 169 g/mol. The Kier molecular flexibility index (Phi) is 1.89. The van der Waals surface area contributed by atoms with Crippen molar-refractivity contribution in [2.75, 3.05) is 5.32 Å². The van der Waals surface area contributed by atoms with Gasteiger partial charge in [-0.15, -0.1) is 0 Å². The second kappa shape index (κ2) is 2.70. The molecule has 3 heteroatoms. The van der Waals surface area contributed by atoms with E-state index in [0.29, 0.717) is 20.9 Å². The first-order valence-corrected chi connectivity index (χ1v) is 4.02. The summed E-state index contributed by atoms with van der Waals surface area (Å²) in [4.78, 5) is 11.8. The van der Waals surface area contributed by atoms with Crippen molar-refractivity contribution in [3.63, 3.8) is 0 Å². The molecule has 1 N–H and O–H groups in total. The number of hydrogen-bond acceptors (Lipinski definition) is 1. The van der Waals surface area contributed by atoms with Crippen LogP contribution >= 0.6 is 0 Å². The van der Waals surface area contributed by atoms with Gasteiger partial charge in [0.15, 0.2) is 0 Å². The summed E-state index contributed by atoms with van der Waals surface area (Å²) in [5.74, 6) is 0. The van der Waals surface area contributed by atoms with Gasteiger partial charge in [0.1, 0.15) is 0 Å². The van der Waals surface area contributed by atoms with Crippen molar-refractivity contribution in [3.8, 4) is 0 Å². The third-order valence-corrected chi connectivity index (χ3v) is 2.40. The van der Waals surface area contributed by atoms with Crippen LogP contribution in [0.4, 0.5) is 4.56 Å². The molecule has 1 aromatic heterocycles. The van der Waals surface area contributed by atoms with Crippen LogP contribution in [-0.4, -0.2) is 20.9 Å². The Morgan fingerprint density at radius 3 is 3.12 bits per heavy atom. The van der Waals surface area contributed by atoms with E-state index in [0.717, 1.165) is 4.56 Å². The van der Waals surface area contributed by atoms with Gasteiger partial charge in [0.2, 0.25) is 0 Å². The topological polar surface area (TPSA) is 29.1 Å². The first-order valence-electron chi connectivity index (χ1n) is 2.17. The van der Waals surface area contributed by atoms with E-state index in [1.165, 1.54) is 0 Å². The van der Waals surface area contributed by atoms with Crippen molar-refractivity contribution < 1.29 is 4.79 Å². The second-order valence-electron chi connectivity index (χ2n) is 1.24. The molecule has 2 nitrogen and oxygen atoms in total. The number of nitrogens with one attached hydrogen (secondary N) is 1. The summed E-state index contributed by atoms with van der Waals surface area (Å²) in [6.45, 7) is 0. The van der Waals surface area contributed by atoms with Crippen LogP contribution in [0.2, 0.25) is 0 Å². The number of carbonyl (C=O) groups excluding carboxylic acids is 1. The van der Waals surface area contributed by atoms with Crippen molar-refractivity contribution in [2.24, 2.45) is 0 Å². The van der Waals surface area contributed by atoms with Crippen LogP contribution in [0.15, 0.2) is 17.1 Å². The van der Waals surface area contributed by atoms with Gasteiger partial charge in [0.05, 0.1) is 0 Å². The van der Waals surface area contributed by atoms with E-state index in [1.54, 1.807) is 0 Å². The molecule has 0 atom stereocenters. The van der Waals surface area contributed by atoms with Gasteiger partial charge >= 0.3 is 52.7 Å². The molecule has 0 aliphatic carbocycles. The first kappa shape index (κ1) is 5.60. The molecule has 1 amide bonds. The van der Waals surface area contributed by atoms with Crippen molar-refractivity contribution in [1.29, 1.82) is 0 Å². The van der Waals surface area contributed by atoms with E-state index in [-0.39, 0.29) is 0 Å². The molecule has 0 aromatic carbocycles. The fourth-order valence-electron chi connectivity index (χ4n) is 0.419. The molecule has 0 aliphatic rings. The summed E-state index contributed by atoms with van der Waals surface area (Å²) >= 11 is 0.376. The van der Waals surface area contributed by atoms with E-state index in [9.17, 15) is 4.79 Å². The van der Waals surface area contributed by atoms with Gasteiger partial charge in [-0.25, -0.2) is 0 Å². The van der Waals surface area contributed by atoms with Crippen LogP contribution in [0.1, 0.15) is 0 Å². The summed E-state index contributed by atoms with van der Waals surface area (Å²) in [5.41, 5.74) is 0. The quantitative estimate of drug-likeness (QED) is 0.507. The molecule has 0 radical (unpaired) electrons. The van der Waals surface area contributed by atoms with Crippen molar-refractivity contribution in [3.05, 3.63) is 17.1 Å². The second-order valence-corrected chi connectivity index (χ2v) is 3.23. The molecule has 0 saturated heterocycles. The predicted octanol–water partition coefficient (Wildman–Crippen LogP) is 0.312. The average molecular weight is 174 g/mol. The van der Waals surface area contributed by atoms with Gasteiger partial charge in [-0.2, -0.15) is 0 Å². The molecule has 0 bridgehead atoms. The number of hydrogen-bond donors (Lipinski definition) is 1. The van der Waals surface area contributed by atoms with E-state index in [1.807, 2.05) is 12.1 Å². The third kappa shape index (κ3) is 1.22. The maximum absolute atomic E-state index is 9.79. The van der Waals surface area contributed by atoms with E-state index in [2.05, 4.69) is 10.3 Å². The van der Waals surface area contributed by atoms with E-state index < -0.39 is 0 Å². The Balaban J connectivity index is 2.62. The molecule has 1 rings (SSSR count). The number of anilines is 1. The van der Waals surface area contributed by atoms with Gasteiger partial charge in [-0.3, -0.25) is 0 Å². The fourth-order valence-corrected chi connectivity index (χ4v) is 1.63. The maximum atomic E-state index is 9.79. The molecule has 8 heavy (non-hydrogen) atoms. The predicted molar refractivity (Wildman–Crippen MR) is 33.1 cm³/mol. The van der Waals surface area contributed by atoms with Crippen LogP contribution in [0.3, 0.4) is 0 Å². The third-order valence-electron chi connectivity index (χ3n) is 0.722. The van der Waals surface area contributed by atoms with Crippen LogP contribution in [0.5, 0.6) is 0 Å². The van der Waals surface area contributed by atoms with Gasteiger partial charge in [0.25, 0.3) is 0 Å². The molecule has 42 valence electrons. The number of carbonyl (C=O) groups is 1. The van der Waals surface area contributed by atoms with Gasteiger partial charge < -0.3 is 0 Å². The Morgan fingerprint density at radius 1 is 1.75 bits per heavy atom. The number of amides is 1. The average Bonchev–Trinajstić information content (AvgIpc) is 2.19. The summed E-state index contributed by atoms with van der Waals surface area (Å²) in [5, 5.41) is 2.59. The summed E-state index contributed by atoms with van der Waals surface area (Å²) < 4.78 is 1.03. The fraction of sp³-hybridized carbons (Fsp3) is 0. The zero-order valence-corrected chi connectivity index (χ0v) is 5.84. The van der Waals surface area contributed by atoms with Gasteiger partial charge in [-0.1, -0.05) is 0 Å². The van der Waals surface area contributed by atoms with Crippen LogP contribution in [0.25, 0.3) is 0 Å². The molecule has 0 spiro atoms. The monoisotopic (exact) mass is 175 g/mol. The van der Waals surface area contributed by atoms with Crippen LogP contribution in [0, 0.1) is 0 Å². The molecule has 0 fully saturated rings. The van der Waals surface area contributed by atoms with E-state index in [4.69, 9.17) is 0 Å². The molecule has 0 saturated carbocycles. The Morgan fingerprint density at radius 2 is 2.62 bits per heavy atom. The number of rotatable bonds is 2. The molecule has 0 aliphatic heterocycles. The Bertz CT molecular complexity index is 159. The normalized spacial score (nSPS) is 8.50. The van der Waals surface area contributed by atoms with Gasteiger partial charge in [-0.05, 0) is 0 Å². The van der Waals surface area contributed by atoms with Crippen molar-refractivity contribution in [2.45, 2.75) is 0 Å². The summed E-state index contributed by atoms with van der Waals surface area (Å²) in [6.07, 6.45) is 0.709. The van der Waals surface area contributed by atoms with E-state index >= 15 is 0 Å². The van der Waals surface area contributed by atoms with Crippen molar-refractivity contribution >= 4 is 25.5 Å². The first-order chi connectivity index (χ1) is 3.93. The SMILES string of the molecule is O=CNc1ccc[se]1. The van der Waals surface area contributed by atoms with Crippen LogP contribution < -0.4 is 5.32 Å². The molecule has 1 aromatic rings. The molecule has 0 unspecified atom stereocenters. The summed E-state index contributed by atoms with van der Waals surface area (Å²) in [7, 11) is 0. The Hall–Kier alpha value is -0.531. The summed E-state index contributed by atoms with van der Waals surface area (Å²) in [6, 6.07) is 3.86. The standard InChI is InChI=1S/C5H5NOSe/c7-4-6-5-2-1-3-8-5/h1-4H,(H,6,7).